The lowest BCUT2D eigenvalue weighted by atomic mass is 10.1. The Kier molecular flexibility index (Phi) is 5.67. The number of rotatable bonds is 6. The molecule has 3 nitrogen and oxygen atoms in total. The molecular formula is C21H22ClN3. The Morgan fingerprint density at radius 3 is 2.60 bits per heavy atom. The number of fused-ring (bicyclic) bond motifs is 1. The maximum absolute atomic E-state index is 5.93. The van der Waals surface area contributed by atoms with E-state index in [4.69, 9.17) is 16.6 Å². The van der Waals surface area contributed by atoms with Gasteiger partial charge in [0.2, 0.25) is 0 Å². The number of anilines is 1. The van der Waals surface area contributed by atoms with Crippen LogP contribution in [-0.4, -0.2) is 16.5 Å². The molecule has 4 heteroatoms. The molecule has 1 N–H and O–H groups in total. The van der Waals surface area contributed by atoms with E-state index in [0.29, 0.717) is 5.82 Å². The van der Waals surface area contributed by atoms with Crippen LogP contribution >= 0.6 is 11.6 Å². The number of hydrogen-bond acceptors (Lipinski definition) is 3. The summed E-state index contributed by atoms with van der Waals surface area (Å²) in [5, 5.41) is 5.26. The first kappa shape index (κ1) is 17.4. The number of aromatic nitrogens is 2. The van der Waals surface area contributed by atoms with Gasteiger partial charge in [-0.2, -0.15) is 0 Å². The first-order valence-corrected chi connectivity index (χ1v) is 8.99. The van der Waals surface area contributed by atoms with Gasteiger partial charge >= 0.3 is 0 Å². The van der Waals surface area contributed by atoms with E-state index >= 15 is 0 Å². The zero-order valence-corrected chi connectivity index (χ0v) is 15.3. The number of nitrogens with one attached hydrogen (secondary N) is 1. The second-order valence-electron chi connectivity index (χ2n) is 6.12. The Bertz CT molecular complexity index is 886. The smallest absolute Gasteiger partial charge is 0.154 e. The molecule has 0 bridgehead atoms. The van der Waals surface area contributed by atoms with E-state index in [1.807, 2.05) is 36.4 Å². The van der Waals surface area contributed by atoms with Crippen LogP contribution in [-0.2, 0) is 0 Å². The number of nitrogens with zero attached hydrogens (tertiary/aromatic N) is 2. The Labute approximate surface area is 153 Å². The van der Waals surface area contributed by atoms with Crippen LogP contribution in [0.3, 0.4) is 0 Å². The fourth-order valence-corrected chi connectivity index (χ4v) is 2.72. The molecule has 2 aromatic carbocycles. The van der Waals surface area contributed by atoms with Crippen molar-refractivity contribution in [3.8, 4) is 0 Å². The first-order valence-electron chi connectivity index (χ1n) is 8.61. The van der Waals surface area contributed by atoms with Crippen molar-refractivity contribution in [3.05, 3.63) is 64.4 Å². The zero-order valence-electron chi connectivity index (χ0n) is 14.6. The molecule has 0 aliphatic heterocycles. The van der Waals surface area contributed by atoms with Crippen LogP contribution in [0.2, 0.25) is 5.02 Å². The van der Waals surface area contributed by atoms with E-state index in [1.165, 1.54) is 5.56 Å². The van der Waals surface area contributed by atoms with Crippen LogP contribution in [0.1, 0.15) is 36.7 Å². The molecule has 0 fully saturated rings. The van der Waals surface area contributed by atoms with E-state index in [2.05, 4.69) is 42.3 Å². The Morgan fingerprint density at radius 1 is 1.04 bits per heavy atom. The van der Waals surface area contributed by atoms with Gasteiger partial charge < -0.3 is 5.32 Å². The van der Waals surface area contributed by atoms with E-state index in [9.17, 15) is 0 Å². The average Bonchev–Trinajstić information content (AvgIpc) is 2.62. The van der Waals surface area contributed by atoms with Crippen LogP contribution in [0.4, 0.5) is 5.82 Å². The molecule has 0 aliphatic rings. The standard InChI is InChI=1S/C21H22ClN3/c1-3-4-13-23-21-18-14-15(2)5-11-19(18)24-20(25-21)12-8-16-6-9-17(22)10-7-16/h5-12,14H,3-4,13H2,1-2H3,(H,23,24,25)/b12-8+. The normalized spacial score (nSPS) is 11.3. The minimum atomic E-state index is 0.699. The molecule has 0 aliphatic carbocycles. The van der Waals surface area contributed by atoms with Gasteiger partial charge in [-0.25, -0.2) is 9.97 Å². The SMILES string of the molecule is CCCCNc1nc(/C=C/c2ccc(Cl)cc2)nc2ccc(C)cc12. The molecule has 1 aromatic heterocycles. The first-order chi connectivity index (χ1) is 12.2. The summed E-state index contributed by atoms with van der Waals surface area (Å²) in [6, 6.07) is 14.0. The third-order valence-electron chi connectivity index (χ3n) is 3.99. The molecule has 3 aromatic rings. The summed E-state index contributed by atoms with van der Waals surface area (Å²) in [6.07, 6.45) is 6.21. The van der Waals surface area contributed by atoms with Crippen molar-refractivity contribution < 1.29 is 0 Å². The van der Waals surface area contributed by atoms with Crippen molar-refractivity contribution in [2.45, 2.75) is 26.7 Å². The summed E-state index contributed by atoms with van der Waals surface area (Å²) in [7, 11) is 0. The molecular weight excluding hydrogens is 330 g/mol. The molecule has 3 rings (SSSR count). The lowest BCUT2D eigenvalue weighted by molar-refractivity contribution is 0.831. The molecule has 0 saturated heterocycles. The molecule has 0 radical (unpaired) electrons. The number of benzene rings is 2. The van der Waals surface area contributed by atoms with Gasteiger partial charge in [-0.15, -0.1) is 0 Å². The lowest BCUT2D eigenvalue weighted by Gasteiger charge is -2.10. The molecule has 128 valence electrons. The van der Waals surface area contributed by atoms with Crippen molar-refractivity contribution >= 4 is 40.5 Å². The summed E-state index contributed by atoms with van der Waals surface area (Å²) in [6.45, 7) is 5.19. The largest absolute Gasteiger partial charge is 0.369 e. The molecule has 0 spiro atoms. The Balaban J connectivity index is 1.94. The zero-order chi connectivity index (χ0) is 17.6. The van der Waals surface area contributed by atoms with Crippen molar-refractivity contribution in [1.29, 1.82) is 0 Å². The van der Waals surface area contributed by atoms with Gasteiger partial charge in [-0.05, 0) is 49.2 Å². The summed E-state index contributed by atoms with van der Waals surface area (Å²) >= 11 is 5.93. The van der Waals surface area contributed by atoms with Crippen molar-refractivity contribution in [2.24, 2.45) is 0 Å². The summed E-state index contributed by atoms with van der Waals surface area (Å²) in [5.41, 5.74) is 3.23. The van der Waals surface area contributed by atoms with E-state index in [-0.39, 0.29) is 0 Å². The highest BCUT2D eigenvalue weighted by molar-refractivity contribution is 6.30. The monoisotopic (exact) mass is 351 g/mol. The van der Waals surface area contributed by atoms with Crippen LogP contribution < -0.4 is 5.32 Å². The summed E-state index contributed by atoms with van der Waals surface area (Å²) < 4.78 is 0. The van der Waals surface area contributed by atoms with Gasteiger partial charge in [-0.1, -0.05) is 54.8 Å². The molecule has 0 saturated carbocycles. The maximum atomic E-state index is 5.93. The van der Waals surface area contributed by atoms with Gasteiger partial charge in [0.15, 0.2) is 5.82 Å². The topological polar surface area (TPSA) is 37.8 Å². The molecule has 0 amide bonds. The van der Waals surface area contributed by atoms with Gasteiger partial charge in [0.05, 0.1) is 5.52 Å². The van der Waals surface area contributed by atoms with Crippen molar-refractivity contribution in [1.82, 2.24) is 9.97 Å². The fourth-order valence-electron chi connectivity index (χ4n) is 2.60. The summed E-state index contributed by atoms with van der Waals surface area (Å²) in [5.74, 6) is 1.60. The predicted octanol–water partition coefficient (Wildman–Crippen LogP) is 5.97. The second-order valence-corrected chi connectivity index (χ2v) is 6.55. The molecule has 1 heterocycles. The van der Waals surface area contributed by atoms with Gasteiger partial charge in [0.25, 0.3) is 0 Å². The second kappa shape index (κ2) is 8.13. The number of halogens is 1. The van der Waals surface area contributed by atoms with Crippen LogP contribution in [0, 0.1) is 6.92 Å². The number of hydrogen-bond donors (Lipinski definition) is 1. The Morgan fingerprint density at radius 2 is 1.84 bits per heavy atom. The fraction of sp³-hybridized carbons (Fsp3) is 0.238. The molecule has 25 heavy (non-hydrogen) atoms. The number of aryl methyl sites for hydroxylation is 1. The van der Waals surface area contributed by atoms with Gasteiger partial charge in [0, 0.05) is 17.0 Å². The minimum Gasteiger partial charge on any atom is -0.369 e. The highest BCUT2D eigenvalue weighted by atomic mass is 35.5. The summed E-state index contributed by atoms with van der Waals surface area (Å²) in [4.78, 5) is 9.39. The van der Waals surface area contributed by atoms with E-state index < -0.39 is 0 Å². The van der Waals surface area contributed by atoms with Crippen LogP contribution in [0.25, 0.3) is 23.1 Å². The molecule has 0 unspecified atom stereocenters. The Hall–Kier alpha value is -2.39. The van der Waals surface area contributed by atoms with Gasteiger partial charge in [-0.3, -0.25) is 0 Å². The highest BCUT2D eigenvalue weighted by Crippen LogP contribution is 2.22. The predicted molar refractivity (Wildman–Crippen MR) is 108 cm³/mol. The lowest BCUT2D eigenvalue weighted by Crippen LogP contribution is -2.05. The van der Waals surface area contributed by atoms with Gasteiger partial charge in [0.1, 0.15) is 5.82 Å². The van der Waals surface area contributed by atoms with Crippen molar-refractivity contribution in [3.63, 3.8) is 0 Å². The number of unbranched alkanes of at least 4 members (excludes halogenated alkanes) is 1. The van der Waals surface area contributed by atoms with Crippen LogP contribution in [0.5, 0.6) is 0 Å². The van der Waals surface area contributed by atoms with Crippen molar-refractivity contribution in [2.75, 3.05) is 11.9 Å². The third kappa shape index (κ3) is 4.58. The third-order valence-corrected chi connectivity index (χ3v) is 4.24. The quantitative estimate of drug-likeness (QED) is 0.555. The van der Waals surface area contributed by atoms with E-state index in [0.717, 1.165) is 46.7 Å². The minimum absolute atomic E-state index is 0.699. The average molecular weight is 352 g/mol. The van der Waals surface area contributed by atoms with Crippen LogP contribution in [0.15, 0.2) is 42.5 Å². The maximum Gasteiger partial charge on any atom is 0.154 e. The highest BCUT2D eigenvalue weighted by Gasteiger charge is 2.06. The van der Waals surface area contributed by atoms with E-state index in [1.54, 1.807) is 0 Å². The molecule has 0 atom stereocenters.